The minimum Gasteiger partial charge on any atom is -0.504 e. The number of benzene rings is 2. The number of nitrogens with one attached hydrogen (secondary N) is 2. The van der Waals surface area contributed by atoms with Crippen LogP contribution in [0.3, 0.4) is 0 Å². The fourth-order valence-electron chi connectivity index (χ4n) is 2.74. The number of amides is 2. The van der Waals surface area contributed by atoms with Crippen molar-refractivity contribution in [1.29, 1.82) is 0 Å². The predicted octanol–water partition coefficient (Wildman–Crippen LogP) is 2.04. The van der Waals surface area contributed by atoms with Gasteiger partial charge in [-0.3, -0.25) is 9.59 Å². The standard InChI is InChI=1S/C23H21N5O6/c1-33-18-10-3-6-14(20(18)29)12-24-27-22(31)16-8-5-9-17(26-16)23(32)28-25-13-15-7-4-11-19(34-2)21(15)30/h3-13,29-30H,1-2H3,(H,27,31)(H,28,32). The smallest absolute Gasteiger partial charge is 0.289 e. The van der Waals surface area contributed by atoms with Crippen LogP contribution in [0, 0.1) is 0 Å². The van der Waals surface area contributed by atoms with Crippen LogP contribution in [-0.2, 0) is 0 Å². The molecule has 0 aliphatic rings. The molecule has 34 heavy (non-hydrogen) atoms. The maximum Gasteiger partial charge on any atom is 0.289 e. The zero-order valence-electron chi connectivity index (χ0n) is 18.2. The van der Waals surface area contributed by atoms with Crippen LogP contribution < -0.4 is 20.3 Å². The molecule has 11 heteroatoms. The Morgan fingerprint density at radius 3 is 1.59 bits per heavy atom. The predicted molar refractivity (Wildman–Crippen MR) is 124 cm³/mol. The Morgan fingerprint density at radius 2 is 1.18 bits per heavy atom. The number of hydrazone groups is 2. The molecule has 0 fully saturated rings. The lowest BCUT2D eigenvalue weighted by atomic mass is 10.2. The summed E-state index contributed by atoms with van der Waals surface area (Å²) in [6, 6.07) is 13.9. The summed E-state index contributed by atoms with van der Waals surface area (Å²) >= 11 is 0. The van der Waals surface area contributed by atoms with Crippen molar-refractivity contribution in [2.45, 2.75) is 0 Å². The first kappa shape index (κ1) is 23.7. The Balaban J connectivity index is 1.64. The summed E-state index contributed by atoms with van der Waals surface area (Å²) in [4.78, 5) is 28.7. The lowest BCUT2D eigenvalue weighted by molar-refractivity contribution is 0.0945. The van der Waals surface area contributed by atoms with E-state index in [-0.39, 0.29) is 34.4 Å². The van der Waals surface area contributed by atoms with E-state index in [2.05, 4.69) is 26.0 Å². The van der Waals surface area contributed by atoms with Crippen LogP contribution in [0.15, 0.2) is 64.8 Å². The van der Waals surface area contributed by atoms with Gasteiger partial charge in [-0.1, -0.05) is 18.2 Å². The Hall–Kier alpha value is -4.93. The van der Waals surface area contributed by atoms with Crippen LogP contribution in [0.2, 0.25) is 0 Å². The van der Waals surface area contributed by atoms with Gasteiger partial charge in [0.25, 0.3) is 11.8 Å². The fraction of sp³-hybridized carbons (Fsp3) is 0.0870. The van der Waals surface area contributed by atoms with Crippen LogP contribution in [0.5, 0.6) is 23.0 Å². The van der Waals surface area contributed by atoms with E-state index in [1.807, 2.05) is 0 Å². The summed E-state index contributed by atoms with van der Waals surface area (Å²) in [5.41, 5.74) is 5.10. The van der Waals surface area contributed by atoms with Crippen LogP contribution in [0.1, 0.15) is 32.1 Å². The summed E-state index contributed by atoms with van der Waals surface area (Å²) < 4.78 is 10.0. The van der Waals surface area contributed by atoms with E-state index in [1.54, 1.807) is 36.4 Å². The highest BCUT2D eigenvalue weighted by atomic mass is 16.5. The fourth-order valence-corrected chi connectivity index (χ4v) is 2.74. The summed E-state index contributed by atoms with van der Waals surface area (Å²) in [6.45, 7) is 0. The van der Waals surface area contributed by atoms with Crippen molar-refractivity contribution in [1.82, 2.24) is 15.8 Å². The maximum absolute atomic E-state index is 12.3. The zero-order valence-corrected chi connectivity index (χ0v) is 18.2. The van der Waals surface area contributed by atoms with Crippen LogP contribution in [-0.4, -0.2) is 53.7 Å². The minimum absolute atomic E-state index is 0.0610. The van der Waals surface area contributed by atoms with Gasteiger partial charge in [0.1, 0.15) is 11.4 Å². The first-order chi connectivity index (χ1) is 16.4. The molecule has 0 spiro atoms. The van der Waals surface area contributed by atoms with Gasteiger partial charge in [0, 0.05) is 11.1 Å². The lowest BCUT2D eigenvalue weighted by Crippen LogP contribution is -2.23. The molecule has 0 bridgehead atoms. The van der Waals surface area contributed by atoms with Crippen molar-refractivity contribution >= 4 is 24.2 Å². The average Bonchev–Trinajstić information content (AvgIpc) is 2.86. The molecular formula is C23H21N5O6. The summed E-state index contributed by atoms with van der Waals surface area (Å²) in [5.74, 6) is -1.05. The second kappa shape index (κ2) is 11.1. The van der Waals surface area contributed by atoms with E-state index in [1.165, 1.54) is 44.8 Å². The molecule has 0 aliphatic heterocycles. The third kappa shape index (κ3) is 5.65. The van der Waals surface area contributed by atoms with Crippen molar-refractivity contribution in [3.05, 3.63) is 77.1 Å². The number of methoxy groups -OCH3 is 2. The Labute approximate surface area is 194 Å². The molecule has 0 aliphatic carbocycles. The molecule has 11 nitrogen and oxygen atoms in total. The molecule has 3 rings (SSSR count). The largest absolute Gasteiger partial charge is 0.504 e. The molecule has 0 saturated heterocycles. The van der Waals surface area contributed by atoms with Crippen LogP contribution >= 0.6 is 0 Å². The van der Waals surface area contributed by atoms with Crippen molar-refractivity contribution in [3.63, 3.8) is 0 Å². The van der Waals surface area contributed by atoms with Gasteiger partial charge in [-0.05, 0) is 36.4 Å². The van der Waals surface area contributed by atoms with Gasteiger partial charge in [0.15, 0.2) is 23.0 Å². The van der Waals surface area contributed by atoms with E-state index < -0.39 is 11.8 Å². The molecule has 0 saturated carbocycles. The third-order valence-corrected chi connectivity index (χ3v) is 4.45. The summed E-state index contributed by atoms with van der Waals surface area (Å²) in [7, 11) is 2.83. The highest BCUT2D eigenvalue weighted by Gasteiger charge is 2.12. The number of rotatable bonds is 8. The van der Waals surface area contributed by atoms with Crippen LogP contribution in [0.25, 0.3) is 0 Å². The molecule has 1 aromatic heterocycles. The number of hydrogen-bond acceptors (Lipinski definition) is 9. The number of phenols is 2. The molecule has 174 valence electrons. The number of carbonyl (C=O) groups is 2. The summed E-state index contributed by atoms with van der Waals surface area (Å²) in [6.07, 6.45) is 2.49. The minimum atomic E-state index is -0.668. The first-order valence-electron chi connectivity index (χ1n) is 9.80. The van der Waals surface area contributed by atoms with Crippen molar-refractivity contribution in [2.75, 3.05) is 14.2 Å². The Bertz CT molecular complexity index is 1170. The van der Waals surface area contributed by atoms with Gasteiger partial charge < -0.3 is 19.7 Å². The number of para-hydroxylation sites is 2. The summed E-state index contributed by atoms with van der Waals surface area (Å²) in [5, 5.41) is 27.7. The number of aromatic nitrogens is 1. The van der Waals surface area contributed by atoms with E-state index in [0.29, 0.717) is 11.1 Å². The van der Waals surface area contributed by atoms with Crippen molar-refractivity contribution in [2.24, 2.45) is 10.2 Å². The van der Waals surface area contributed by atoms with Crippen molar-refractivity contribution in [3.8, 4) is 23.0 Å². The number of ether oxygens (including phenoxy) is 2. The van der Waals surface area contributed by atoms with Gasteiger partial charge in [0.2, 0.25) is 0 Å². The van der Waals surface area contributed by atoms with E-state index >= 15 is 0 Å². The molecule has 0 radical (unpaired) electrons. The number of aromatic hydroxyl groups is 2. The van der Waals surface area contributed by atoms with Gasteiger partial charge >= 0.3 is 0 Å². The zero-order chi connectivity index (χ0) is 24.5. The number of pyridine rings is 1. The van der Waals surface area contributed by atoms with Gasteiger partial charge in [-0.2, -0.15) is 10.2 Å². The molecule has 4 N–H and O–H groups in total. The quantitative estimate of drug-likeness (QED) is 0.294. The van der Waals surface area contributed by atoms with E-state index in [4.69, 9.17) is 9.47 Å². The topological polar surface area (TPSA) is 155 Å². The third-order valence-electron chi connectivity index (χ3n) is 4.45. The molecule has 0 atom stereocenters. The second-order valence-corrected chi connectivity index (χ2v) is 6.60. The molecule has 3 aromatic rings. The molecule has 1 heterocycles. The van der Waals surface area contributed by atoms with E-state index in [9.17, 15) is 19.8 Å². The monoisotopic (exact) mass is 463 g/mol. The molecular weight excluding hydrogens is 442 g/mol. The second-order valence-electron chi connectivity index (χ2n) is 6.60. The lowest BCUT2D eigenvalue weighted by Gasteiger charge is -2.05. The molecule has 2 amide bonds. The van der Waals surface area contributed by atoms with E-state index in [0.717, 1.165) is 0 Å². The van der Waals surface area contributed by atoms with Crippen molar-refractivity contribution < 1.29 is 29.3 Å². The number of carbonyl (C=O) groups excluding carboxylic acids is 2. The SMILES string of the molecule is COc1cccc(C=NNC(=O)c2cccc(C(=O)NN=Cc3cccc(OC)c3O)n2)c1O. The highest BCUT2D eigenvalue weighted by Crippen LogP contribution is 2.28. The highest BCUT2D eigenvalue weighted by molar-refractivity contribution is 5.97. The van der Waals surface area contributed by atoms with Gasteiger partial charge in [-0.25, -0.2) is 15.8 Å². The number of hydrogen-bond donors (Lipinski definition) is 4. The maximum atomic E-state index is 12.3. The Morgan fingerprint density at radius 1 is 0.765 bits per heavy atom. The van der Waals surface area contributed by atoms with Gasteiger partial charge in [-0.15, -0.1) is 0 Å². The normalized spacial score (nSPS) is 10.9. The number of nitrogens with zero attached hydrogens (tertiary/aromatic N) is 3. The Kier molecular flexibility index (Phi) is 7.74. The van der Waals surface area contributed by atoms with Crippen LogP contribution in [0.4, 0.5) is 0 Å². The average molecular weight is 463 g/mol. The first-order valence-corrected chi connectivity index (χ1v) is 9.80. The molecule has 2 aromatic carbocycles. The number of phenolic OH excluding ortho intramolecular Hbond substituents is 2. The molecule has 0 unspecified atom stereocenters. The van der Waals surface area contributed by atoms with Gasteiger partial charge in [0.05, 0.1) is 26.6 Å².